The summed E-state index contributed by atoms with van der Waals surface area (Å²) in [5.41, 5.74) is 6.78. The number of nitrogens with zero attached hydrogens (tertiary/aromatic N) is 2. The Bertz CT molecular complexity index is 1460. The molecule has 0 saturated carbocycles. The van der Waals surface area contributed by atoms with Crippen LogP contribution in [0.25, 0.3) is 44.1 Å². The molecule has 0 atom stereocenters. The molecule has 0 amide bonds. The smallest absolute Gasteiger partial charge is 0.0719 e. The number of benzene rings is 4. The van der Waals surface area contributed by atoms with Gasteiger partial charge in [0.2, 0.25) is 0 Å². The molecule has 0 unspecified atom stereocenters. The van der Waals surface area contributed by atoms with E-state index in [1.807, 2.05) is 24.5 Å². The van der Waals surface area contributed by atoms with Gasteiger partial charge in [0, 0.05) is 33.0 Å². The minimum Gasteiger partial charge on any atom is -0.256 e. The Labute approximate surface area is 197 Å². The molecule has 0 aliphatic heterocycles. The van der Waals surface area contributed by atoms with Crippen LogP contribution in [-0.2, 0) is 0 Å². The fraction of sp³-hybridized carbons (Fsp3) is 0. The highest BCUT2D eigenvalue weighted by Crippen LogP contribution is 2.38. The lowest BCUT2D eigenvalue weighted by Crippen LogP contribution is -1.87. The molecule has 2 aromatic heterocycles. The van der Waals surface area contributed by atoms with Gasteiger partial charge in [0.1, 0.15) is 0 Å². The number of fused-ring (bicyclic) bond motifs is 2. The maximum Gasteiger partial charge on any atom is 0.0719 e. The van der Waals surface area contributed by atoms with Crippen LogP contribution in [-0.4, -0.2) is 9.97 Å². The highest BCUT2D eigenvalue weighted by atomic mass is 32.2. The molecule has 6 rings (SSSR count). The van der Waals surface area contributed by atoms with Gasteiger partial charge in [-0.2, -0.15) is 0 Å². The number of aromatic nitrogens is 2. The molecular formula is C30H20N2S. The van der Waals surface area contributed by atoms with Crippen LogP contribution in [0.1, 0.15) is 0 Å². The first-order valence-electron chi connectivity index (χ1n) is 10.9. The summed E-state index contributed by atoms with van der Waals surface area (Å²) in [5.74, 6) is 0. The van der Waals surface area contributed by atoms with Gasteiger partial charge in [-0.05, 0) is 46.5 Å². The average molecular weight is 441 g/mol. The second-order valence-electron chi connectivity index (χ2n) is 7.92. The Morgan fingerprint density at radius 1 is 0.424 bits per heavy atom. The molecule has 0 radical (unpaired) electrons. The first-order chi connectivity index (χ1) is 16.3. The van der Waals surface area contributed by atoms with Gasteiger partial charge in [-0.15, -0.1) is 0 Å². The number of rotatable bonds is 4. The van der Waals surface area contributed by atoms with Gasteiger partial charge >= 0.3 is 0 Å². The Kier molecular flexibility index (Phi) is 5.10. The van der Waals surface area contributed by atoms with Crippen molar-refractivity contribution >= 4 is 33.6 Å². The molecule has 2 heterocycles. The first-order valence-corrected chi connectivity index (χ1v) is 11.7. The Morgan fingerprint density at radius 3 is 1.33 bits per heavy atom. The normalized spacial score (nSPS) is 11.2. The monoisotopic (exact) mass is 440 g/mol. The van der Waals surface area contributed by atoms with Gasteiger partial charge in [-0.3, -0.25) is 9.97 Å². The Morgan fingerprint density at radius 2 is 0.879 bits per heavy atom. The van der Waals surface area contributed by atoms with Crippen molar-refractivity contribution in [2.75, 3.05) is 0 Å². The largest absolute Gasteiger partial charge is 0.256 e. The van der Waals surface area contributed by atoms with E-state index in [1.54, 1.807) is 11.8 Å². The molecule has 0 fully saturated rings. The summed E-state index contributed by atoms with van der Waals surface area (Å²) in [6.45, 7) is 0. The van der Waals surface area contributed by atoms with Gasteiger partial charge in [0.05, 0.1) is 11.0 Å². The van der Waals surface area contributed by atoms with Crippen LogP contribution < -0.4 is 0 Å². The molecular weight excluding hydrogens is 420 g/mol. The Balaban J connectivity index is 1.39. The topological polar surface area (TPSA) is 25.8 Å². The molecule has 6 aromatic rings. The molecule has 0 saturated heterocycles. The molecule has 0 bridgehead atoms. The van der Waals surface area contributed by atoms with E-state index in [0.29, 0.717) is 0 Å². The zero-order chi connectivity index (χ0) is 22.0. The van der Waals surface area contributed by atoms with Crippen molar-refractivity contribution in [1.82, 2.24) is 9.97 Å². The van der Waals surface area contributed by atoms with Gasteiger partial charge < -0.3 is 0 Å². The second kappa shape index (κ2) is 8.53. The SMILES string of the molecule is c1ccc(-c2ccc3c(Sc4ccnc5cc(-c6ccccc6)ccc45)ccnc3c2)cc1. The number of hydrogen-bond acceptors (Lipinski definition) is 3. The fourth-order valence-electron chi connectivity index (χ4n) is 4.16. The predicted molar refractivity (Wildman–Crippen MR) is 138 cm³/mol. The van der Waals surface area contributed by atoms with Gasteiger partial charge in [-0.1, -0.05) is 96.7 Å². The van der Waals surface area contributed by atoms with E-state index in [-0.39, 0.29) is 0 Å². The minimum absolute atomic E-state index is 1.01. The maximum atomic E-state index is 4.65. The predicted octanol–water partition coefficient (Wildman–Crippen LogP) is 8.27. The van der Waals surface area contributed by atoms with Gasteiger partial charge in [-0.25, -0.2) is 0 Å². The minimum atomic E-state index is 1.01. The third-order valence-electron chi connectivity index (χ3n) is 5.84. The van der Waals surface area contributed by atoms with Crippen molar-refractivity contribution in [2.45, 2.75) is 9.79 Å². The van der Waals surface area contributed by atoms with Crippen LogP contribution in [0.2, 0.25) is 0 Å². The van der Waals surface area contributed by atoms with E-state index in [4.69, 9.17) is 0 Å². The highest BCUT2D eigenvalue weighted by Gasteiger charge is 2.10. The van der Waals surface area contributed by atoms with Crippen molar-refractivity contribution in [1.29, 1.82) is 0 Å². The third-order valence-corrected chi connectivity index (χ3v) is 6.99. The molecule has 0 spiro atoms. The summed E-state index contributed by atoms with van der Waals surface area (Å²) in [6.07, 6.45) is 3.80. The van der Waals surface area contributed by atoms with E-state index in [0.717, 1.165) is 21.8 Å². The van der Waals surface area contributed by atoms with Crippen molar-refractivity contribution in [3.8, 4) is 22.3 Å². The zero-order valence-corrected chi connectivity index (χ0v) is 18.7. The molecule has 33 heavy (non-hydrogen) atoms. The van der Waals surface area contributed by atoms with Crippen LogP contribution in [0.3, 0.4) is 0 Å². The molecule has 156 valence electrons. The molecule has 0 aliphatic carbocycles. The summed E-state index contributed by atoms with van der Waals surface area (Å²) in [5, 5.41) is 2.32. The summed E-state index contributed by atoms with van der Waals surface area (Å²) in [6, 6.07) is 38.1. The number of hydrogen-bond donors (Lipinski definition) is 0. The molecule has 4 aromatic carbocycles. The van der Waals surface area contributed by atoms with E-state index < -0.39 is 0 Å². The highest BCUT2D eigenvalue weighted by molar-refractivity contribution is 7.99. The van der Waals surface area contributed by atoms with E-state index >= 15 is 0 Å². The lowest BCUT2D eigenvalue weighted by molar-refractivity contribution is 1.33. The van der Waals surface area contributed by atoms with Crippen molar-refractivity contribution in [2.24, 2.45) is 0 Å². The van der Waals surface area contributed by atoms with Crippen LogP contribution in [0.15, 0.2) is 131 Å². The summed E-state index contributed by atoms with van der Waals surface area (Å²) < 4.78 is 0. The fourth-order valence-corrected chi connectivity index (χ4v) is 5.22. The molecule has 3 heteroatoms. The van der Waals surface area contributed by atoms with Crippen molar-refractivity contribution in [3.05, 3.63) is 122 Å². The zero-order valence-electron chi connectivity index (χ0n) is 17.8. The van der Waals surface area contributed by atoms with Crippen LogP contribution in [0, 0.1) is 0 Å². The van der Waals surface area contributed by atoms with Crippen LogP contribution >= 0.6 is 11.8 Å². The Hall–Kier alpha value is -3.95. The maximum absolute atomic E-state index is 4.65. The summed E-state index contributed by atoms with van der Waals surface area (Å²) >= 11 is 1.77. The lowest BCUT2D eigenvalue weighted by Gasteiger charge is -2.10. The van der Waals surface area contributed by atoms with E-state index in [9.17, 15) is 0 Å². The van der Waals surface area contributed by atoms with Crippen molar-refractivity contribution in [3.63, 3.8) is 0 Å². The van der Waals surface area contributed by atoms with Crippen LogP contribution in [0.5, 0.6) is 0 Å². The third kappa shape index (κ3) is 3.88. The summed E-state index contributed by atoms with van der Waals surface area (Å²) in [4.78, 5) is 11.7. The van der Waals surface area contributed by atoms with Crippen molar-refractivity contribution < 1.29 is 0 Å². The van der Waals surface area contributed by atoms with Crippen LogP contribution in [0.4, 0.5) is 0 Å². The van der Waals surface area contributed by atoms with E-state index in [2.05, 4.69) is 107 Å². The molecule has 0 aliphatic rings. The van der Waals surface area contributed by atoms with Gasteiger partial charge in [0.15, 0.2) is 0 Å². The first kappa shape index (κ1) is 19.7. The quantitative estimate of drug-likeness (QED) is 0.276. The van der Waals surface area contributed by atoms with Gasteiger partial charge in [0.25, 0.3) is 0 Å². The average Bonchev–Trinajstić information content (AvgIpc) is 2.89. The second-order valence-corrected chi connectivity index (χ2v) is 9.00. The standard InChI is InChI=1S/C30H20N2S/c1-3-7-21(8-4-1)23-11-13-25-27(19-23)31-17-15-29(25)33-30-16-18-32-28-20-24(12-14-26(28)30)22-9-5-2-6-10-22/h1-20H. The number of pyridine rings is 2. The van der Waals surface area contributed by atoms with E-state index in [1.165, 1.54) is 32.0 Å². The summed E-state index contributed by atoms with van der Waals surface area (Å²) in [7, 11) is 0. The lowest BCUT2D eigenvalue weighted by atomic mass is 10.0. The molecule has 0 N–H and O–H groups in total. The molecule has 2 nitrogen and oxygen atoms in total.